The number of carbonyl (C=O) groups excluding carboxylic acids is 2. The number of hydrogen-bond donors (Lipinski definition) is 3. The summed E-state index contributed by atoms with van der Waals surface area (Å²) in [5, 5.41) is 14.5. The van der Waals surface area contributed by atoms with Crippen molar-refractivity contribution in [1.29, 1.82) is 0 Å². The SMILES string of the molecule is O=C(NCc1c(F)cc(F)cc1F)c1cn2c(c(O)c1=O)C(=O)NCC2. The molecular weight excluding hydrogens is 355 g/mol. The fraction of sp³-hybridized carbons (Fsp3) is 0.188. The molecule has 2 aromatic rings. The van der Waals surface area contributed by atoms with E-state index >= 15 is 0 Å². The molecule has 1 aliphatic rings. The van der Waals surface area contributed by atoms with E-state index in [2.05, 4.69) is 10.6 Å². The van der Waals surface area contributed by atoms with Crippen LogP contribution in [0.4, 0.5) is 13.2 Å². The van der Waals surface area contributed by atoms with Gasteiger partial charge in [-0.15, -0.1) is 0 Å². The zero-order valence-electron chi connectivity index (χ0n) is 13.1. The van der Waals surface area contributed by atoms with E-state index in [1.54, 1.807) is 0 Å². The van der Waals surface area contributed by atoms with Crippen LogP contribution in [0.2, 0.25) is 0 Å². The topological polar surface area (TPSA) is 100 Å². The molecule has 1 aromatic heterocycles. The van der Waals surface area contributed by atoms with Gasteiger partial charge in [-0.2, -0.15) is 0 Å². The molecule has 136 valence electrons. The monoisotopic (exact) mass is 367 g/mol. The Morgan fingerprint density at radius 2 is 1.88 bits per heavy atom. The summed E-state index contributed by atoms with van der Waals surface area (Å²) in [7, 11) is 0. The second-order valence-electron chi connectivity index (χ2n) is 5.55. The molecule has 2 amide bonds. The average Bonchev–Trinajstić information content (AvgIpc) is 2.56. The van der Waals surface area contributed by atoms with Gasteiger partial charge in [-0.1, -0.05) is 0 Å². The Balaban J connectivity index is 1.89. The van der Waals surface area contributed by atoms with Crippen LogP contribution in [0.25, 0.3) is 0 Å². The molecule has 0 radical (unpaired) electrons. The molecule has 7 nitrogen and oxygen atoms in total. The molecule has 3 N–H and O–H groups in total. The Hall–Kier alpha value is -3.30. The standard InChI is InChI=1S/C16H12F3N3O4/c17-7-3-10(18)8(11(19)4-7)5-21-15(25)9-6-22-2-1-20-16(26)12(22)14(24)13(9)23/h3-4,6,24H,1-2,5H2,(H,20,26)(H,21,25). The Kier molecular flexibility index (Phi) is 4.41. The van der Waals surface area contributed by atoms with Crippen molar-refractivity contribution < 1.29 is 27.9 Å². The van der Waals surface area contributed by atoms with Gasteiger partial charge in [0, 0.05) is 43.5 Å². The summed E-state index contributed by atoms with van der Waals surface area (Å²) >= 11 is 0. The minimum absolute atomic E-state index is 0.219. The van der Waals surface area contributed by atoms with Gasteiger partial charge in [-0.3, -0.25) is 14.4 Å². The van der Waals surface area contributed by atoms with Crippen LogP contribution in [0.3, 0.4) is 0 Å². The molecule has 1 aliphatic heterocycles. The summed E-state index contributed by atoms with van der Waals surface area (Å²) in [6.07, 6.45) is 1.09. The number of rotatable bonds is 3. The summed E-state index contributed by atoms with van der Waals surface area (Å²) in [5.41, 5.74) is -2.44. The highest BCUT2D eigenvalue weighted by Crippen LogP contribution is 2.17. The van der Waals surface area contributed by atoms with Crippen molar-refractivity contribution in [2.45, 2.75) is 13.1 Å². The van der Waals surface area contributed by atoms with Crippen molar-refractivity contribution >= 4 is 11.8 Å². The summed E-state index contributed by atoms with van der Waals surface area (Å²) in [6.45, 7) is -0.184. The number of aromatic hydroxyl groups is 1. The molecule has 3 rings (SSSR count). The summed E-state index contributed by atoms with van der Waals surface area (Å²) in [4.78, 5) is 36.0. The van der Waals surface area contributed by atoms with Crippen LogP contribution in [0.5, 0.6) is 5.75 Å². The third-order valence-corrected chi connectivity index (χ3v) is 3.89. The number of carbonyl (C=O) groups is 2. The number of nitrogens with one attached hydrogen (secondary N) is 2. The highest BCUT2D eigenvalue weighted by molar-refractivity contribution is 5.98. The van der Waals surface area contributed by atoms with Crippen LogP contribution in [0, 0.1) is 17.5 Å². The molecule has 0 atom stereocenters. The Morgan fingerprint density at radius 1 is 1.23 bits per heavy atom. The average molecular weight is 367 g/mol. The lowest BCUT2D eigenvalue weighted by molar-refractivity contribution is 0.0912. The Labute approximate surface area is 144 Å². The maximum absolute atomic E-state index is 13.6. The maximum Gasteiger partial charge on any atom is 0.271 e. The minimum atomic E-state index is -1.19. The van der Waals surface area contributed by atoms with Crippen molar-refractivity contribution in [2.24, 2.45) is 0 Å². The molecule has 0 bridgehead atoms. The predicted molar refractivity (Wildman–Crippen MR) is 82.2 cm³/mol. The van der Waals surface area contributed by atoms with Crippen LogP contribution in [0.15, 0.2) is 23.1 Å². The predicted octanol–water partition coefficient (Wildman–Crippen LogP) is 0.645. The highest BCUT2D eigenvalue weighted by Gasteiger charge is 2.26. The van der Waals surface area contributed by atoms with Crippen LogP contribution < -0.4 is 16.1 Å². The number of benzene rings is 1. The number of fused-ring (bicyclic) bond motifs is 1. The molecule has 0 spiro atoms. The van der Waals surface area contributed by atoms with Crippen LogP contribution in [-0.4, -0.2) is 28.0 Å². The van der Waals surface area contributed by atoms with Gasteiger partial charge in [0.05, 0.1) is 0 Å². The third kappa shape index (κ3) is 3.01. The maximum atomic E-state index is 13.6. The van der Waals surface area contributed by atoms with E-state index in [9.17, 15) is 32.7 Å². The van der Waals surface area contributed by atoms with Gasteiger partial charge in [-0.05, 0) is 0 Å². The van der Waals surface area contributed by atoms with Crippen LogP contribution in [0.1, 0.15) is 26.4 Å². The fourth-order valence-corrected chi connectivity index (χ4v) is 2.60. The van der Waals surface area contributed by atoms with E-state index in [1.807, 2.05) is 0 Å². The first-order valence-electron chi connectivity index (χ1n) is 7.45. The van der Waals surface area contributed by atoms with E-state index in [0.717, 1.165) is 6.20 Å². The molecule has 0 aliphatic carbocycles. The van der Waals surface area contributed by atoms with Crippen molar-refractivity contribution in [1.82, 2.24) is 15.2 Å². The minimum Gasteiger partial charge on any atom is -0.503 e. The number of amides is 2. The molecule has 2 heterocycles. The number of pyridine rings is 1. The number of nitrogens with zero attached hydrogens (tertiary/aromatic N) is 1. The lowest BCUT2D eigenvalue weighted by Crippen LogP contribution is -2.39. The molecule has 0 fully saturated rings. The number of aromatic nitrogens is 1. The first-order chi connectivity index (χ1) is 12.3. The zero-order chi connectivity index (χ0) is 19.0. The quantitative estimate of drug-likeness (QED) is 0.741. The second kappa shape index (κ2) is 6.54. The Morgan fingerprint density at radius 3 is 2.54 bits per heavy atom. The highest BCUT2D eigenvalue weighted by atomic mass is 19.1. The van der Waals surface area contributed by atoms with Crippen LogP contribution >= 0.6 is 0 Å². The van der Waals surface area contributed by atoms with Gasteiger partial charge in [0.25, 0.3) is 11.8 Å². The largest absolute Gasteiger partial charge is 0.503 e. The molecule has 1 aromatic carbocycles. The van der Waals surface area contributed by atoms with Crippen LogP contribution in [-0.2, 0) is 13.1 Å². The number of halogens is 3. The summed E-state index contributed by atoms with van der Waals surface area (Å²) in [5.74, 6) is -6.04. The van der Waals surface area contributed by atoms with Gasteiger partial charge in [0.1, 0.15) is 23.0 Å². The van der Waals surface area contributed by atoms with Gasteiger partial charge in [-0.25, -0.2) is 13.2 Å². The zero-order valence-corrected chi connectivity index (χ0v) is 13.1. The molecule has 10 heteroatoms. The lowest BCUT2D eigenvalue weighted by atomic mass is 10.1. The molecule has 0 saturated heterocycles. The van der Waals surface area contributed by atoms with E-state index < -0.39 is 58.1 Å². The van der Waals surface area contributed by atoms with Gasteiger partial charge < -0.3 is 20.3 Å². The third-order valence-electron chi connectivity index (χ3n) is 3.89. The fourth-order valence-electron chi connectivity index (χ4n) is 2.60. The molecule has 0 saturated carbocycles. The van der Waals surface area contributed by atoms with Gasteiger partial charge in [0.15, 0.2) is 11.4 Å². The van der Waals surface area contributed by atoms with E-state index in [0.29, 0.717) is 12.1 Å². The first kappa shape index (κ1) is 17.5. The Bertz CT molecular complexity index is 964. The van der Waals surface area contributed by atoms with Crippen molar-refractivity contribution in [3.8, 4) is 5.75 Å². The summed E-state index contributed by atoms with van der Waals surface area (Å²) < 4.78 is 41.3. The smallest absolute Gasteiger partial charge is 0.271 e. The van der Waals surface area contributed by atoms with Gasteiger partial charge in [0.2, 0.25) is 5.43 Å². The molecule has 0 unspecified atom stereocenters. The lowest BCUT2D eigenvalue weighted by Gasteiger charge is -2.20. The van der Waals surface area contributed by atoms with E-state index in [4.69, 9.17) is 0 Å². The normalized spacial score (nSPS) is 13.1. The van der Waals surface area contributed by atoms with Crippen molar-refractivity contribution in [2.75, 3.05) is 6.54 Å². The van der Waals surface area contributed by atoms with Crippen molar-refractivity contribution in [3.63, 3.8) is 0 Å². The second-order valence-corrected chi connectivity index (χ2v) is 5.55. The number of hydrogen-bond acceptors (Lipinski definition) is 4. The van der Waals surface area contributed by atoms with E-state index in [1.165, 1.54) is 4.57 Å². The van der Waals surface area contributed by atoms with Crippen molar-refractivity contribution in [3.05, 3.63) is 62.8 Å². The first-order valence-corrected chi connectivity index (χ1v) is 7.45. The molecular formula is C16H12F3N3O4. The van der Waals surface area contributed by atoms with E-state index in [-0.39, 0.29) is 18.8 Å². The van der Waals surface area contributed by atoms with Gasteiger partial charge >= 0.3 is 0 Å². The summed E-state index contributed by atoms with van der Waals surface area (Å²) in [6, 6.07) is 0.922. The molecule has 26 heavy (non-hydrogen) atoms.